The van der Waals surface area contributed by atoms with E-state index in [0.717, 1.165) is 0 Å². The monoisotopic (exact) mass is 207 g/mol. The lowest BCUT2D eigenvalue weighted by molar-refractivity contribution is 0.186. The summed E-state index contributed by atoms with van der Waals surface area (Å²) in [6.45, 7) is 0.0712. The predicted molar refractivity (Wildman–Crippen MR) is 46.1 cm³/mol. The zero-order chi connectivity index (χ0) is 9.14. The number of hydrogen-bond donors (Lipinski definition) is 2. The van der Waals surface area contributed by atoms with E-state index in [9.17, 15) is 5.11 Å². The highest BCUT2D eigenvalue weighted by molar-refractivity contribution is 6.31. The molecule has 0 aliphatic carbocycles. The first-order valence-electron chi connectivity index (χ1n) is 3.22. The number of rotatable bonds is 2. The first-order valence-corrected chi connectivity index (χ1v) is 3.97. The first-order chi connectivity index (χ1) is 5.65. The van der Waals surface area contributed by atoms with Crippen LogP contribution in [0.5, 0.6) is 0 Å². The molecule has 0 spiro atoms. The molecule has 6 heteroatoms. The molecule has 12 heavy (non-hydrogen) atoms. The lowest BCUT2D eigenvalue weighted by Crippen LogP contribution is -2.12. The van der Waals surface area contributed by atoms with Gasteiger partial charge in [-0.3, -0.25) is 0 Å². The third kappa shape index (κ3) is 2.04. The van der Waals surface area contributed by atoms with Crippen molar-refractivity contribution in [1.82, 2.24) is 10.2 Å². The van der Waals surface area contributed by atoms with Crippen LogP contribution in [0.2, 0.25) is 10.3 Å². The number of aliphatic hydroxyl groups is 1. The molecule has 1 aromatic rings. The second-order valence-corrected chi connectivity index (χ2v) is 2.91. The maximum absolute atomic E-state index is 9.30. The van der Waals surface area contributed by atoms with Crippen LogP contribution in [0.4, 0.5) is 0 Å². The lowest BCUT2D eigenvalue weighted by atomic mass is 10.2. The topological polar surface area (TPSA) is 72.0 Å². The van der Waals surface area contributed by atoms with E-state index in [2.05, 4.69) is 10.2 Å². The van der Waals surface area contributed by atoms with Crippen LogP contribution < -0.4 is 5.73 Å². The van der Waals surface area contributed by atoms with Crippen molar-refractivity contribution >= 4 is 23.2 Å². The van der Waals surface area contributed by atoms with E-state index < -0.39 is 6.10 Å². The molecule has 0 amide bonds. The van der Waals surface area contributed by atoms with Crippen LogP contribution in [0.15, 0.2) is 6.07 Å². The molecule has 0 bridgehead atoms. The predicted octanol–water partition coefficient (Wildman–Crippen LogP) is 0.775. The third-order valence-electron chi connectivity index (χ3n) is 1.33. The van der Waals surface area contributed by atoms with Crippen molar-refractivity contribution in [2.75, 3.05) is 6.54 Å². The molecular weight excluding hydrogens is 201 g/mol. The molecule has 0 aromatic carbocycles. The number of aliphatic hydroxyl groups excluding tert-OH is 1. The smallest absolute Gasteiger partial charge is 0.157 e. The largest absolute Gasteiger partial charge is 0.387 e. The fraction of sp³-hybridized carbons (Fsp3) is 0.333. The summed E-state index contributed by atoms with van der Waals surface area (Å²) in [5.41, 5.74) is 5.63. The summed E-state index contributed by atoms with van der Waals surface area (Å²) >= 11 is 11.2. The Kier molecular flexibility index (Phi) is 3.22. The van der Waals surface area contributed by atoms with E-state index in [1.807, 2.05) is 0 Å². The molecule has 0 radical (unpaired) electrons. The van der Waals surface area contributed by atoms with Gasteiger partial charge in [0.15, 0.2) is 10.3 Å². The van der Waals surface area contributed by atoms with E-state index in [0.29, 0.717) is 5.56 Å². The average molecular weight is 208 g/mol. The molecule has 1 aromatic heterocycles. The van der Waals surface area contributed by atoms with Gasteiger partial charge >= 0.3 is 0 Å². The second-order valence-electron chi connectivity index (χ2n) is 2.16. The zero-order valence-corrected chi connectivity index (χ0v) is 7.55. The Hall–Kier alpha value is -0.420. The van der Waals surface area contributed by atoms with Gasteiger partial charge in [0.05, 0.1) is 6.10 Å². The molecule has 0 saturated carbocycles. The van der Waals surface area contributed by atoms with Gasteiger partial charge in [0.1, 0.15) is 0 Å². The van der Waals surface area contributed by atoms with Gasteiger partial charge in [0.25, 0.3) is 0 Å². The van der Waals surface area contributed by atoms with E-state index in [1.54, 1.807) is 0 Å². The lowest BCUT2D eigenvalue weighted by Gasteiger charge is -2.08. The van der Waals surface area contributed by atoms with Gasteiger partial charge in [-0.2, -0.15) is 0 Å². The second kappa shape index (κ2) is 4.00. The minimum atomic E-state index is -0.842. The van der Waals surface area contributed by atoms with Gasteiger partial charge in [-0.1, -0.05) is 23.2 Å². The fourth-order valence-corrected chi connectivity index (χ4v) is 1.10. The molecule has 1 atom stereocenters. The number of hydrogen-bond acceptors (Lipinski definition) is 4. The molecule has 1 rings (SSSR count). The summed E-state index contributed by atoms with van der Waals surface area (Å²) in [6, 6.07) is 1.44. The first kappa shape index (κ1) is 9.67. The quantitative estimate of drug-likeness (QED) is 0.752. The Bertz CT molecular complexity index is 281. The van der Waals surface area contributed by atoms with Crippen LogP contribution in [-0.4, -0.2) is 21.8 Å². The summed E-state index contributed by atoms with van der Waals surface area (Å²) in [5.74, 6) is 0. The van der Waals surface area contributed by atoms with Gasteiger partial charge in [0, 0.05) is 12.1 Å². The maximum atomic E-state index is 9.30. The SMILES string of the molecule is NCC(O)c1cc(Cl)nnc1Cl. The highest BCUT2D eigenvalue weighted by Gasteiger charge is 2.11. The van der Waals surface area contributed by atoms with Crippen LogP contribution in [0.1, 0.15) is 11.7 Å². The Morgan fingerprint density at radius 1 is 1.50 bits per heavy atom. The van der Waals surface area contributed by atoms with Crippen LogP contribution in [-0.2, 0) is 0 Å². The molecule has 66 valence electrons. The van der Waals surface area contributed by atoms with Crippen LogP contribution in [0, 0.1) is 0 Å². The molecule has 0 aliphatic heterocycles. The van der Waals surface area contributed by atoms with Crippen molar-refractivity contribution in [2.45, 2.75) is 6.10 Å². The van der Waals surface area contributed by atoms with Gasteiger partial charge in [-0.25, -0.2) is 0 Å². The van der Waals surface area contributed by atoms with E-state index in [1.165, 1.54) is 6.07 Å². The van der Waals surface area contributed by atoms with E-state index in [4.69, 9.17) is 28.9 Å². The summed E-state index contributed by atoms with van der Waals surface area (Å²) in [6.07, 6.45) is -0.842. The zero-order valence-electron chi connectivity index (χ0n) is 6.04. The molecule has 3 N–H and O–H groups in total. The average Bonchev–Trinajstić information content (AvgIpc) is 2.08. The Morgan fingerprint density at radius 3 is 2.75 bits per heavy atom. The minimum Gasteiger partial charge on any atom is -0.387 e. The number of nitrogens with zero attached hydrogens (tertiary/aromatic N) is 2. The third-order valence-corrected chi connectivity index (χ3v) is 1.81. The van der Waals surface area contributed by atoms with E-state index >= 15 is 0 Å². The highest BCUT2D eigenvalue weighted by atomic mass is 35.5. The molecule has 0 saturated heterocycles. The fourth-order valence-electron chi connectivity index (χ4n) is 0.727. The Labute approximate surface area is 79.3 Å². The molecule has 0 fully saturated rings. The van der Waals surface area contributed by atoms with Gasteiger partial charge in [-0.15, -0.1) is 10.2 Å². The molecule has 4 nitrogen and oxygen atoms in total. The number of halogens is 2. The van der Waals surface area contributed by atoms with Crippen molar-refractivity contribution in [2.24, 2.45) is 5.73 Å². The van der Waals surface area contributed by atoms with Crippen molar-refractivity contribution in [1.29, 1.82) is 0 Å². The van der Waals surface area contributed by atoms with Crippen molar-refractivity contribution in [3.63, 3.8) is 0 Å². The van der Waals surface area contributed by atoms with Crippen molar-refractivity contribution in [3.05, 3.63) is 21.9 Å². The standard InChI is InChI=1S/C6H7Cl2N3O/c7-5-1-3(4(12)2-9)6(8)11-10-5/h1,4,12H,2,9H2. The summed E-state index contributed by atoms with van der Waals surface area (Å²) in [5, 5.41) is 16.6. The number of nitrogens with two attached hydrogens (primary N) is 1. The molecular formula is C6H7Cl2N3O. The molecule has 0 aliphatic rings. The highest BCUT2D eigenvalue weighted by Crippen LogP contribution is 2.21. The number of aromatic nitrogens is 2. The van der Waals surface area contributed by atoms with Gasteiger partial charge in [-0.05, 0) is 6.07 Å². The van der Waals surface area contributed by atoms with Crippen molar-refractivity contribution < 1.29 is 5.11 Å². The van der Waals surface area contributed by atoms with Gasteiger partial charge in [0.2, 0.25) is 0 Å². The molecule has 1 heterocycles. The Balaban J connectivity index is 3.04. The van der Waals surface area contributed by atoms with Crippen LogP contribution in [0.3, 0.4) is 0 Å². The maximum Gasteiger partial charge on any atom is 0.157 e. The normalized spacial score (nSPS) is 13.0. The summed E-state index contributed by atoms with van der Waals surface area (Å²) in [7, 11) is 0. The van der Waals surface area contributed by atoms with E-state index in [-0.39, 0.29) is 16.9 Å². The Morgan fingerprint density at radius 2 is 2.17 bits per heavy atom. The van der Waals surface area contributed by atoms with Crippen molar-refractivity contribution in [3.8, 4) is 0 Å². The van der Waals surface area contributed by atoms with Crippen LogP contribution in [0.25, 0.3) is 0 Å². The summed E-state index contributed by atoms with van der Waals surface area (Å²) in [4.78, 5) is 0. The minimum absolute atomic E-state index is 0.0712. The van der Waals surface area contributed by atoms with Crippen LogP contribution >= 0.6 is 23.2 Å². The van der Waals surface area contributed by atoms with Gasteiger partial charge < -0.3 is 10.8 Å². The summed E-state index contributed by atoms with van der Waals surface area (Å²) < 4.78 is 0. The molecule has 1 unspecified atom stereocenters.